The van der Waals surface area contributed by atoms with Crippen molar-refractivity contribution in [2.45, 2.75) is 32.3 Å². The quantitative estimate of drug-likeness (QED) is 0.884. The third-order valence-electron chi connectivity index (χ3n) is 2.74. The molecule has 0 saturated heterocycles. The third kappa shape index (κ3) is 3.68. The molecule has 0 aliphatic carbocycles. The van der Waals surface area contributed by atoms with Gasteiger partial charge >= 0.3 is 0 Å². The minimum atomic E-state index is -1.05. The van der Waals surface area contributed by atoms with Crippen LogP contribution in [0.4, 0.5) is 4.39 Å². The first kappa shape index (κ1) is 14.9. The molecule has 1 rings (SSSR count). The highest BCUT2D eigenvalue weighted by Crippen LogP contribution is 2.29. The van der Waals surface area contributed by atoms with Gasteiger partial charge in [0.25, 0.3) is 0 Å². The molecule has 0 heterocycles. The molecule has 1 aromatic carbocycles. The molecule has 0 aliphatic heterocycles. The summed E-state index contributed by atoms with van der Waals surface area (Å²) in [5, 5.41) is 12.0. The van der Waals surface area contributed by atoms with Gasteiger partial charge in [-0.05, 0) is 24.6 Å². The molecule has 18 heavy (non-hydrogen) atoms. The van der Waals surface area contributed by atoms with Gasteiger partial charge < -0.3 is 10.4 Å². The Hall–Kier alpha value is -1.13. The van der Waals surface area contributed by atoms with Crippen LogP contribution in [0.15, 0.2) is 18.2 Å². The summed E-state index contributed by atoms with van der Waals surface area (Å²) in [5.41, 5.74) is 0.298. The smallest absolute Gasteiger partial charge is 0.248 e. The first-order valence-electron chi connectivity index (χ1n) is 5.65. The largest absolute Gasteiger partial charge is 0.384 e. The molecule has 5 heteroatoms. The van der Waals surface area contributed by atoms with Crippen molar-refractivity contribution in [2.75, 3.05) is 6.54 Å². The fourth-order valence-corrected chi connectivity index (χ4v) is 2.01. The molecule has 0 saturated carbocycles. The second-order valence-corrected chi connectivity index (χ2v) is 5.31. The predicted molar refractivity (Wildman–Crippen MR) is 69.1 cm³/mol. The topological polar surface area (TPSA) is 49.3 Å². The molecule has 1 unspecified atom stereocenters. The SMILES string of the molecule is CC(O)C(=O)NCC(C)(C)c1ccc(F)cc1Cl. The van der Waals surface area contributed by atoms with Gasteiger partial charge in [0.1, 0.15) is 11.9 Å². The number of aliphatic hydroxyl groups is 1. The molecule has 1 atom stereocenters. The van der Waals surface area contributed by atoms with E-state index in [1.54, 1.807) is 6.07 Å². The monoisotopic (exact) mass is 273 g/mol. The predicted octanol–water partition coefficient (Wildman–Crippen LogP) is 2.25. The van der Waals surface area contributed by atoms with Crippen molar-refractivity contribution in [3.8, 4) is 0 Å². The third-order valence-corrected chi connectivity index (χ3v) is 3.06. The van der Waals surface area contributed by atoms with Crippen molar-refractivity contribution in [3.05, 3.63) is 34.6 Å². The van der Waals surface area contributed by atoms with Gasteiger partial charge in [-0.3, -0.25) is 4.79 Å². The Morgan fingerprint density at radius 3 is 2.67 bits per heavy atom. The number of benzene rings is 1. The fourth-order valence-electron chi connectivity index (χ4n) is 1.59. The van der Waals surface area contributed by atoms with Gasteiger partial charge in [-0.25, -0.2) is 4.39 Å². The van der Waals surface area contributed by atoms with Crippen molar-refractivity contribution < 1.29 is 14.3 Å². The highest BCUT2D eigenvalue weighted by Gasteiger charge is 2.25. The minimum Gasteiger partial charge on any atom is -0.384 e. The zero-order chi connectivity index (χ0) is 13.9. The van der Waals surface area contributed by atoms with Crippen molar-refractivity contribution in [1.82, 2.24) is 5.32 Å². The van der Waals surface area contributed by atoms with Gasteiger partial charge in [0, 0.05) is 17.0 Å². The van der Waals surface area contributed by atoms with E-state index >= 15 is 0 Å². The van der Waals surface area contributed by atoms with Gasteiger partial charge in [-0.2, -0.15) is 0 Å². The summed E-state index contributed by atoms with van der Waals surface area (Å²) in [6.07, 6.45) is -1.05. The second-order valence-electron chi connectivity index (χ2n) is 4.90. The Labute approximate surface area is 111 Å². The van der Waals surface area contributed by atoms with Crippen LogP contribution in [0, 0.1) is 5.82 Å². The summed E-state index contributed by atoms with van der Waals surface area (Å²) < 4.78 is 13.0. The number of hydrogen-bond donors (Lipinski definition) is 2. The Kier molecular flexibility index (Phi) is 4.71. The molecular weight excluding hydrogens is 257 g/mol. The van der Waals surface area contributed by atoms with E-state index < -0.39 is 23.2 Å². The summed E-state index contributed by atoms with van der Waals surface area (Å²) in [7, 11) is 0. The molecular formula is C13H17ClFNO2. The molecule has 100 valence electrons. The highest BCUT2D eigenvalue weighted by atomic mass is 35.5. The lowest BCUT2D eigenvalue weighted by molar-refractivity contribution is -0.128. The van der Waals surface area contributed by atoms with Gasteiger partial charge in [0.2, 0.25) is 5.91 Å². The van der Waals surface area contributed by atoms with Crippen LogP contribution in [-0.2, 0) is 10.2 Å². The van der Waals surface area contributed by atoms with Gasteiger partial charge in [-0.1, -0.05) is 31.5 Å². The Bertz CT molecular complexity index is 447. The van der Waals surface area contributed by atoms with Gasteiger partial charge in [-0.15, -0.1) is 0 Å². The van der Waals surface area contributed by atoms with Crippen LogP contribution in [0.3, 0.4) is 0 Å². The van der Waals surface area contributed by atoms with Crippen LogP contribution >= 0.6 is 11.6 Å². The molecule has 0 aliphatic rings. The average molecular weight is 274 g/mol. The minimum absolute atomic E-state index is 0.308. The number of carbonyl (C=O) groups is 1. The number of amides is 1. The number of carbonyl (C=O) groups excluding carboxylic acids is 1. The molecule has 2 N–H and O–H groups in total. The molecule has 0 radical (unpaired) electrons. The first-order valence-corrected chi connectivity index (χ1v) is 6.03. The molecule has 0 aromatic heterocycles. The van der Waals surface area contributed by atoms with Crippen molar-refractivity contribution in [1.29, 1.82) is 0 Å². The van der Waals surface area contributed by atoms with E-state index in [1.165, 1.54) is 19.1 Å². The molecule has 1 amide bonds. The molecule has 1 aromatic rings. The lowest BCUT2D eigenvalue weighted by Crippen LogP contribution is -2.40. The van der Waals surface area contributed by atoms with Crippen LogP contribution in [-0.4, -0.2) is 23.7 Å². The van der Waals surface area contributed by atoms with Crippen LogP contribution in [0.1, 0.15) is 26.3 Å². The molecule has 0 fully saturated rings. The number of hydrogen-bond acceptors (Lipinski definition) is 2. The lowest BCUT2D eigenvalue weighted by Gasteiger charge is -2.27. The van der Waals surface area contributed by atoms with Crippen LogP contribution in [0.5, 0.6) is 0 Å². The van der Waals surface area contributed by atoms with Crippen LogP contribution in [0.2, 0.25) is 5.02 Å². The van der Waals surface area contributed by atoms with E-state index in [9.17, 15) is 9.18 Å². The van der Waals surface area contributed by atoms with Crippen molar-refractivity contribution in [3.63, 3.8) is 0 Å². The Morgan fingerprint density at radius 1 is 1.56 bits per heavy atom. The number of aliphatic hydroxyl groups excluding tert-OH is 1. The maximum absolute atomic E-state index is 13.0. The number of rotatable bonds is 4. The van der Waals surface area contributed by atoms with E-state index in [1.807, 2.05) is 13.8 Å². The summed E-state index contributed by atoms with van der Waals surface area (Å²) >= 11 is 5.99. The first-order chi connectivity index (χ1) is 8.24. The molecule has 0 bridgehead atoms. The van der Waals surface area contributed by atoms with E-state index in [-0.39, 0.29) is 0 Å². The summed E-state index contributed by atoms with van der Waals surface area (Å²) in [6, 6.07) is 4.18. The Morgan fingerprint density at radius 2 is 2.17 bits per heavy atom. The normalized spacial score (nSPS) is 13.2. The fraction of sp³-hybridized carbons (Fsp3) is 0.462. The maximum atomic E-state index is 13.0. The van der Waals surface area contributed by atoms with Gasteiger partial charge in [0.15, 0.2) is 0 Å². The average Bonchev–Trinajstić information content (AvgIpc) is 2.25. The Balaban J connectivity index is 2.82. The summed E-state index contributed by atoms with van der Waals surface area (Å²) in [4.78, 5) is 11.3. The lowest BCUT2D eigenvalue weighted by atomic mass is 9.84. The van der Waals surface area contributed by atoms with E-state index in [0.717, 1.165) is 5.56 Å². The standard InChI is InChI=1S/C13H17ClFNO2/c1-8(17)12(18)16-7-13(2,3)10-5-4-9(15)6-11(10)14/h4-6,8,17H,7H2,1-3H3,(H,16,18). The van der Waals surface area contributed by atoms with E-state index in [2.05, 4.69) is 5.32 Å². The number of nitrogens with one attached hydrogen (secondary N) is 1. The zero-order valence-corrected chi connectivity index (χ0v) is 11.4. The molecule has 3 nitrogen and oxygen atoms in total. The zero-order valence-electron chi connectivity index (χ0n) is 10.6. The van der Waals surface area contributed by atoms with Crippen molar-refractivity contribution >= 4 is 17.5 Å². The van der Waals surface area contributed by atoms with E-state index in [0.29, 0.717) is 11.6 Å². The maximum Gasteiger partial charge on any atom is 0.248 e. The van der Waals surface area contributed by atoms with Crippen LogP contribution < -0.4 is 5.32 Å². The summed E-state index contributed by atoms with van der Waals surface area (Å²) in [6.45, 7) is 5.47. The summed E-state index contributed by atoms with van der Waals surface area (Å²) in [5.74, 6) is -0.839. The van der Waals surface area contributed by atoms with Crippen LogP contribution in [0.25, 0.3) is 0 Å². The second kappa shape index (κ2) is 5.67. The number of halogens is 2. The molecule has 0 spiro atoms. The van der Waals surface area contributed by atoms with Crippen molar-refractivity contribution in [2.24, 2.45) is 0 Å². The van der Waals surface area contributed by atoms with Gasteiger partial charge in [0.05, 0.1) is 0 Å². The highest BCUT2D eigenvalue weighted by molar-refractivity contribution is 6.31. The van der Waals surface area contributed by atoms with E-state index in [4.69, 9.17) is 16.7 Å².